The highest BCUT2D eigenvalue weighted by Crippen LogP contribution is 2.48. The summed E-state index contributed by atoms with van der Waals surface area (Å²) in [4.78, 5) is 47.8. The summed E-state index contributed by atoms with van der Waals surface area (Å²) in [5, 5.41) is 22.2. The first kappa shape index (κ1) is 31.4. The van der Waals surface area contributed by atoms with Crippen LogP contribution in [0.2, 0.25) is 0 Å². The summed E-state index contributed by atoms with van der Waals surface area (Å²) in [6, 6.07) is 13.8. The van der Waals surface area contributed by atoms with Crippen molar-refractivity contribution in [1.29, 1.82) is 5.26 Å². The smallest absolute Gasteiger partial charge is 0.253 e. The lowest BCUT2D eigenvalue weighted by Gasteiger charge is -2.37. The molecule has 2 fully saturated rings. The van der Waals surface area contributed by atoms with Crippen LogP contribution < -0.4 is 5.32 Å². The standard InChI is InChI=1S/C35H42N8O3/c1-20(37-19-31(44)43-27(18-36)15-26-16-30(26)43)17-35(34-38-21(2)39-40-34)28-11-9-24(32(45)41(3)4)13-22(28)7-8-23-14-25(10-12-29(23)35)33(46)42(5)6/h9-14,20,26-27,30,37H,7-8,15-17,19H2,1-6H3,(H,38,39,40)/t20-,26+,27?,30-/m0/s1. The first-order chi connectivity index (χ1) is 21.9. The van der Waals surface area contributed by atoms with Gasteiger partial charge in [-0.25, -0.2) is 0 Å². The van der Waals surface area contributed by atoms with Gasteiger partial charge in [0.05, 0.1) is 18.0 Å². The minimum atomic E-state index is -0.832. The number of nitrogens with one attached hydrogen (secondary N) is 2. The molecule has 1 saturated carbocycles. The average molecular weight is 623 g/mol. The molecule has 3 aromatic rings. The molecule has 11 heteroatoms. The van der Waals surface area contributed by atoms with E-state index in [1.54, 1.807) is 42.9 Å². The highest BCUT2D eigenvalue weighted by Gasteiger charge is 2.54. The summed E-state index contributed by atoms with van der Waals surface area (Å²) in [5.74, 6) is 1.59. The molecule has 2 aliphatic carbocycles. The molecule has 0 spiro atoms. The van der Waals surface area contributed by atoms with Gasteiger partial charge in [0.25, 0.3) is 11.8 Å². The van der Waals surface area contributed by atoms with Crippen LogP contribution >= 0.6 is 0 Å². The predicted octanol–water partition coefficient (Wildman–Crippen LogP) is 2.83. The van der Waals surface area contributed by atoms with Gasteiger partial charge in [0.1, 0.15) is 17.7 Å². The van der Waals surface area contributed by atoms with E-state index in [9.17, 15) is 19.6 Å². The quantitative estimate of drug-likeness (QED) is 0.394. The van der Waals surface area contributed by atoms with Gasteiger partial charge >= 0.3 is 0 Å². The zero-order valence-electron chi connectivity index (χ0n) is 27.4. The third-order valence-electron chi connectivity index (χ3n) is 9.86. The van der Waals surface area contributed by atoms with Gasteiger partial charge in [0.2, 0.25) is 5.91 Å². The highest BCUT2D eigenvalue weighted by molar-refractivity contribution is 5.95. The number of amides is 3. The van der Waals surface area contributed by atoms with E-state index in [0.29, 0.717) is 48.0 Å². The number of aromatic amines is 1. The van der Waals surface area contributed by atoms with E-state index in [2.05, 4.69) is 33.5 Å². The number of carbonyl (C=O) groups excluding carboxylic acids is 3. The van der Waals surface area contributed by atoms with Gasteiger partial charge in [0, 0.05) is 51.4 Å². The molecule has 1 aliphatic heterocycles. The molecule has 240 valence electrons. The van der Waals surface area contributed by atoms with Crippen LogP contribution in [-0.4, -0.2) is 100 Å². The number of nitrogens with zero attached hydrogens (tertiary/aromatic N) is 6. The van der Waals surface area contributed by atoms with Gasteiger partial charge in [-0.05, 0) is 98.4 Å². The summed E-state index contributed by atoms with van der Waals surface area (Å²) in [5.41, 5.74) is 4.44. The van der Waals surface area contributed by atoms with Crippen LogP contribution in [0.1, 0.15) is 80.8 Å². The van der Waals surface area contributed by atoms with E-state index in [0.717, 1.165) is 35.1 Å². The van der Waals surface area contributed by atoms with Crippen molar-refractivity contribution in [2.75, 3.05) is 34.7 Å². The normalized spacial score (nSPS) is 21.2. The zero-order valence-corrected chi connectivity index (χ0v) is 27.4. The van der Waals surface area contributed by atoms with Crippen LogP contribution in [0, 0.1) is 24.2 Å². The SMILES string of the molecule is Cc1nnc(C2(C[C@H](C)NCC(=O)N3C(C#N)C[C@@H]4C[C@@H]43)c3ccc(C(=O)N(C)C)cc3CCc3cc(C(=O)N(C)C)ccc32)[nH]1. The Labute approximate surface area is 270 Å². The molecule has 3 amide bonds. The molecule has 0 bridgehead atoms. The molecule has 3 aliphatic rings. The minimum absolute atomic E-state index is 0.0479. The Hall–Kier alpha value is -4.56. The van der Waals surface area contributed by atoms with Crippen LogP contribution in [0.25, 0.3) is 0 Å². The number of likely N-dealkylation sites (tertiary alicyclic amines) is 1. The van der Waals surface area contributed by atoms with Crippen LogP contribution in [0.4, 0.5) is 0 Å². The van der Waals surface area contributed by atoms with E-state index in [-0.39, 0.29) is 42.4 Å². The molecular weight excluding hydrogens is 580 g/mol. The molecule has 2 heterocycles. The van der Waals surface area contributed by atoms with Gasteiger partial charge in [-0.3, -0.25) is 14.4 Å². The second-order valence-corrected chi connectivity index (χ2v) is 13.5. The lowest BCUT2D eigenvalue weighted by Crippen LogP contribution is -2.46. The van der Waals surface area contributed by atoms with Gasteiger partial charge in [-0.1, -0.05) is 12.1 Å². The first-order valence-corrected chi connectivity index (χ1v) is 16.0. The fraction of sp³-hybridized carbons (Fsp3) is 0.486. The Morgan fingerprint density at radius 2 is 1.59 bits per heavy atom. The number of H-pyrrole nitrogens is 1. The van der Waals surface area contributed by atoms with Crippen LogP contribution in [0.15, 0.2) is 36.4 Å². The maximum absolute atomic E-state index is 13.4. The maximum atomic E-state index is 13.4. The topological polar surface area (TPSA) is 138 Å². The van der Waals surface area contributed by atoms with Crippen molar-refractivity contribution in [2.24, 2.45) is 5.92 Å². The fourth-order valence-corrected chi connectivity index (χ4v) is 7.56. The van der Waals surface area contributed by atoms with E-state index in [4.69, 9.17) is 0 Å². The molecule has 2 N–H and O–H groups in total. The molecule has 1 aromatic heterocycles. The number of hydrogen-bond donors (Lipinski definition) is 2. The van der Waals surface area contributed by atoms with E-state index < -0.39 is 5.41 Å². The number of rotatable bonds is 8. The predicted molar refractivity (Wildman–Crippen MR) is 172 cm³/mol. The lowest BCUT2D eigenvalue weighted by molar-refractivity contribution is -0.131. The molecule has 0 radical (unpaired) electrons. The van der Waals surface area contributed by atoms with E-state index in [1.807, 2.05) is 43.3 Å². The number of fused-ring (bicyclic) bond motifs is 3. The van der Waals surface area contributed by atoms with E-state index in [1.165, 1.54) is 0 Å². The molecular formula is C35H42N8O3. The number of nitriles is 1. The van der Waals surface area contributed by atoms with Crippen molar-refractivity contribution < 1.29 is 14.4 Å². The maximum Gasteiger partial charge on any atom is 0.253 e. The summed E-state index contributed by atoms with van der Waals surface area (Å²) in [7, 11) is 6.98. The Morgan fingerprint density at radius 3 is 2.09 bits per heavy atom. The molecule has 1 unspecified atom stereocenters. The van der Waals surface area contributed by atoms with Crippen LogP contribution in [0.5, 0.6) is 0 Å². The van der Waals surface area contributed by atoms with Crippen molar-refractivity contribution >= 4 is 17.7 Å². The first-order valence-electron chi connectivity index (χ1n) is 16.0. The highest BCUT2D eigenvalue weighted by atomic mass is 16.2. The lowest BCUT2D eigenvalue weighted by atomic mass is 9.67. The monoisotopic (exact) mass is 622 g/mol. The number of hydrogen-bond acceptors (Lipinski definition) is 7. The van der Waals surface area contributed by atoms with Crippen molar-refractivity contribution in [3.8, 4) is 6.07 Å². The largest absolute Gasteiger partial charge is 0.345 e. The molecule has 2 aromatic carbocycles. The van der Waals surface area contributed by atoms with Gasteiger partial charge in [0.15, 0.2) is 0 Å². The summed E-state index contributed by atoms with van der Waals surface area (Å²) in [6.45, 7) is 4.05. The zero-order chi connectivity index (χ0) is 32.9. The third kappa shape index (κ3) is 5.45. The van der Waals surface area contributed by atoms with Crippen LogP contribution in [-0.2, 0) is 23.1 Å². The number of carbonyl (C=O) groups is 3. The number of benzene rings is 2. The Morgan fingerprint density at radius 1 is 1.00 bits per heavy atom. The average Bonchev–Trinajstić information content (AvgIpc) is 3.53. The molecule has 6 rings (SSSR count). The Balaban J connectivity index is 1.44. The van der Waals surface area contributed by atoms with Crippen molar-refractivity contribution in [3.63, 3.8) is 0 Å². The summed E-state index contributed by atoms with van der Waals surface area (Å²) in [6.07, 6.45) is 3.60. The van der Waals surface area contributed by atoms with Gasteiger partial charge in [-0.15, -0.1) is 10.2 Å². The summed E-state index contributed by atoms with van der Waals surface area (Å²) >= 11 is 0. The van der Waals surface area contributed by atoms with Crippen molar-refractivity contribution in [1.82, 2.24) is 35.2 Å². The Bertz CT molecular complexity index is 1670. The molecule has 1 saturated heterocycles. The third-order valence-corrected chi connectivity index (χ3v) is 9.86. The second-order valence-electron chi connectivity index (χ2n) is 13.5. The number of piperidine rings is 1. The van der Waals surface area contributed by atoms with Crippen molar-refractivity contribution in [3.05, 3.63) is 81.4 Å². The fourth-order valence-electron chi connectivity index (χ4n) is 7.56. The Kier molecular flexibility index (Phi) is 8.19. The number of aromatic nitrogens is 3. The van der Waals surface area contributed by atoms with Crippen molar-refractivity contribution in [2.45, 2.75) is 69.5 Å². The van der Waals surface area contributed by atoms with Gasteiger partial charge in [-0.2, -0.15) is 5.26 Å². The number of aryl methyl sites for hydroxylation is 3. The van der Waals surface area contributed by atoms with E-state index >= 15 is 0 Å². The van der Waals surface area contributed by atoms with Gasteiger partial charge < -0.3 is 25.0 Å². The molecule has 46 heavy (non-hydrogen) atoms. The second kappa shape index (κ2) is 12.0. The minimum Gasteiger partial charge on any atom is -0.345 e. The van der Waals surface area contributed by atoms with Crippen LogP contribution in [0.3, 0.4) is 0 Å². The molecule has 4 atom stereocenters. The summed E-state index contributed by atoms with van der Waals surface area (Å²) < 4.78 is 0. The molecule has 11 nitrogen and oxygen atoms in total.